The Morgan fingerprint density at radius 2 is 2.21 bits per heavy atom. The van der Waals surface area contributed by atoms with Crippen molar-refractivity contribution in [3.63, 3.8) is 0 Å². The third-order valence-corrected chi connectivity index (χ3v) is 3.68. The minimum atomic E-state index is 0.125. The monoisotopic (exact) mass is 256 g/mol. The summed E-state index contributed by atoms with van der Waals surface area (Å²) < 4.78 is 0.485. The number of carbonyl (C=O) groups excluding carboxylic acids is 1. The van der Waals surface area contributed by atoms with Gasteiger partial charge in [0.05, 0.1) is 6.54 Å². The molecule has 1 saturated heterocycles. The SMILES string of the molecule is CC1=C2CN([B]N(C)C)C(=O)C[N+]23C=CC=CC3=N1. The minimum Gasteiger partial charge on any atom is -0.361 e. The Bertz CT molecular complexity index is 561. The average molecular weight is 256 g/mol. The normalized spacial score (nSPS) is 28.7. The maximum Gasteiger partial charge on any atom is 0.354 e. The summed E-state index contributed by atoms with van der Waals surface area (Å²) in [5.41, 5.74) is 2.21. The number of allylic oxidation sites excluding steroid dienone is 3. The van der Waals surface area contributed by atoms with Crippen LogP contribution in [0, 0.1) is 0 Å². The van der Waals surface area contributed by atoms with Gasteiger partial charge in [0.15, 0.2) is 12.2 Å². The van der Waals surface area contributed by atoms with Gasteiger partial charge in [0.2, 0.25) is 5.84 Å². The Labute approximate surface area is 114 Å². The molecule has 1 radical (unpaired) electrons. The average Bonchev–Trinajstić information content (AvgIpc) is 2.62. The molecule has 1 amide bonds. The van der Waals surface area contributed by atoms with Gasteiger partial charge in [-0.15, -0.1) is 0 Å². The van der Waals surface area contributed by atoms with Gasteiger partial charge in [-0.2, -0.15) is 4.99 Å². The second-order valence-electron chi connectivity index (χ2n) is 5.33. The van der Waals surface area contributed by atoms with Crippen molar-refractivity contribution in [2.24, 2.45) is 4.99 Å². The van der Waals surface area contributed by atoms with Gasteiger partial charge in [0.25, 0.3) is 5.91 Å². The molecule has 1 unspecified atom stereocenters. The molecule has 1 atom stereocenters. The Hall–Kier alpha value is -1.66. The predicted molar refractivity (Wildman–Crippen MR) is 74.7 cm³/mol. The number of amidine groups is 1. The number of aliphatic imine (C=N–C) groups is 1. The fraction of sp³-hybridized carbons (Fsp3) is 0.385. The molecule has 19 heavy (non-hydrogen) atoms. The maximum atomic E-state index is 12.3. The first kappa shape index (κ1) is 12.4. The van der Waals surface area contributed by atoms with Gasteiger partial charge in [-0.25, -0.2) is 4.48 Å². The van der Waals surface area contributed by atoms with E-state index in [4.69, 9.17) is 0 Å². The molecule has 3 rings (SSSR count). The van der Waals surface area contributed by atoms with Crippen LogP contribution in [0.2, 0.25) is 0 Å². The van der Waals surface area contributed by atoms with Crippen molar-refractivity contribution in [1.29, 1.82) is 0 Å². The standard InChI is InChI=1S/C13H17BN4O/c1-10-11-8-17(14-16(2)3)13(19)9-18(11)7-5-4-6-12(18)15-10/h4-7H,8-9H2,1-3H3/q+1. The largest absolute Gasteiger partial charge is 0.361 e. The summed E-state index contributed by atoms with van der Waals surface area (Å²) in [6.07, 6.45) is 8.03. The zero-order valence-electron chi connectivity index (χ0n) is 11.5. The molecular weight excluding hydrogens is 239 g/mol. The predicted octanol–water partition coefficient (Wildman–Crippen LogP) is 0.468. The van der Waals surface area contributed by atoms with Crippen LogP contribution < -0.4 is 0 Å². The number of quaternary nitrogens is 1. The lowest BCUT2D eigenvalue weighted by Gasteiger charge is -2.40. The third kappa shape index (κ3) is 1.79. The molecule has 97 valence electrons. The highest BCUT2D eigenvalue weighted by molar-refractivity contribution is 6.33. The van der Waals surface area contributed by atoms with Crippen molar-refractivity contribution >= 4 is 19.3 Å². The van der Waals surface area contributed by atoms with Gasteiger partial charge in [-0.1, -0.05) is 0 Å². The van der Waals surface area contributed by atoms with Crippen molar-refractivity contribution in [3.8, 4) is 0 Å². The van der Waals surface area contributed by atoms with E-state index in [0.29, 0.717) is 17.6 Å². The molecule has 0 saturated carbocycles. The number of rotatable bonds is 2. The van der Waals surface area contributed by atoms with E-state index in [1.165, 1.54) is 5.70 Å². The van der Waals surface area contributed by atoms with Crippen LogP contribution in [0.4, 0.5) is 0 Å². The summed E-state index contributed by atoms with van der Waals surface area (Å²) in [4.78, 5) is 20.6. The number of piperazine rings is 1. The fourth-order valence-corrected chi connectivity index (χ4v) is 2.83. The van der Waals surface area contributed by atoms with Crippen LogP contribution >= 0.6 is 0 Å². The van der Waals surface area contributed by atoms with Crippen LogP contribution in [0.5, 0.6) is 0 Å². The van der Waals surface area contributed by atoms with Gasteiger partial charge in [-0.3, -0.25) is 4.79 Å². The van der Waals surface area contributed by atoms with Gasteiger partial charge in [0.1, 0.15) is 11.9 Å². The van der Waals surface area contributed by atoms with Crippen molar-refractivity contribution in [3.05, 3.63) is 35.8 Å². The summed E-state index contributed by atoms with van der Waals surface area (Å²) in [5, 5.41) is 0. The highest BCUT2D eigenvalue weighted by atomic mass is 16.2. The van der Waals surface area contributed by atoms with E-state index in [2.05, 4.69) is 11.2 Å². The lowest BCUT2D eigenvalue weighted by Crippen LogP contribution is -2.61. The molecule has 3 aliphatic heterocycles. The van der Waals surface area contributed by atoms with E-state index in [1.807, 2.05) is 51.6 Å². The first-order valence-electron chi connectivity index (χ1n) is 6.37. The molecule has 1 fully saturated rings. The van der Waals surface area contributed by atoms with Crippen LogP contribution in [0.3, 0.4) is 0 Å². The van der Waals surface area contributed by atoms with E-state index >= 15 is 0 Å². The quantitative estimate of drug-likeness (QED) is 0.532. The van der Waals surface area contributed by atoms with Gasteiger partial charge < -0.3 is 9.62 Å². The molecule has 0 aromatic rings. The first-order chi connectivity index (χ1) is 9.03. The van der Waals surface area contributed by atoms with E-state index in [0.717, 1.165) is 11.5 Å². The smallest absolute Gasteiger partial charge is 0.354 e. The molecule has 0 aromatic heterocycles. The van der Waals surface area contributed by atoms with Gasteiger partial charge in [0, 0.05) is 6.08 Å². The van der Waals surface area contributed by atoms with E-state index < -0.39 is 0 Å². The summed E-state index contributed by atoms with van der Waals surface area (Å²) >= 11 is 0. The Kier molecular flexibility index (Phi) is 2.72. The molecule has 1 spiro atoms. The fourth-order valence-electron chi connectivity index (χ4n) is 2.83. The summed E-state index contributed by atoms with van der Waals surface area (Å²) in [7, 11) is 5.70. The highest BCUT2D eigenvalue weighted by Gasteiger charge is 2.49. The Morgan fingerprint density at radius 1 is 1.42 bits per heavy atom. The number of nitrogens with zero attached hydrogens (tertiary/aromatic N) is 4. The first-order valence-corrected chi connectivity index (χ1v) is 6.37. The van der Waals surface area contributed by atoms with E-state index in [-0.39, 0.29) is 5.91 Å². The van der Waals surface area contributed by atoms with Crippen molar-refractivity contribution in [2.75, 3.05) is 27.2 Å². The zero-order valence-corrected chi connectivity index (χ0v) is 11.5. The molecule has 0 aromatic carbocycles. The van der Waals surface area contributed by atoms with Crippen LogP contribution in [0.1, 0.15) is 6.92 Å². The lowest BCUT2D eigenvalue weighted by molar-refractivity contribution is -0.739. The maximum absolute atomic E-state index is 12.3. The van der Waals surface area contributed by atoms with Gasteiger partial charge >= 0.3 is 7.55 Å². The highest BCUT2D eigenvalue weighted by Crippen LogP contribution is 2.36. The molecule has 3 heterocycles. The van der Waals surface area contributed by atoms with Crippen LogP contribution in [0.25, 0.3) is 0 Å². The van der Waals surface area contributed by atoms with Crippen LogP contribution in [-0.4, -0.2) is 60.6 Å². The van der Waals surface area contributed by atoms with Crippen LogP contribution in [-0.2, 0) is 4.79 Å². The minimum absolute atomic E-state index is 0.125. The summed E-state index contributed by atoms with van der Waals surface area (Å²) in [6.45, 7) is 3.04. The molecule has 0 bridgehead atoms. The molecule has 3 aliphatic rings. The lowest BCUT2D eigenvalue weighted by atomic mass is 10.00. The molecule has 0 N–H and O–H groups in total. The number of carbonyl (C=O) groups is 1. The summed E-state index contributed by atoms with van der Waals surface area (Å²) in [5.74, 6) is 1.08. The number of hydrogen-bond donors (Lipinski definition) is 0. The molecule has 0 aliphatic carbocycles. The summed E-state index contributed by atoms with van der Waals surface area (Å²) in [6, 6.07) is 0. The van der Waals surface area contributed by atoms with E-state index in [1.54, 1.807) is 4.81 Å². The van der Waals surface area contributed by atoms with Gasteiger partial charge in [-0.05, 0) is 33.2 Å². The second-order valence-corrected chi connectivity index (χ2v) is 5.33. The second kappa shape index (κ2) is 4.18. The number of hydrogen-bond acceptors (Lipinski definition) is 3. The van der Waals surface area contributed by atoms with E-state index in [9.17, 15) is 4.79 Å². The van der Waals surface area contributed by atoms with Crippen molar-refractivity contribution in [2.45, 2.75) is 6.92 Å². The number of amides is 1. The Balaban J connectivity index is 1.96. The zero-order chi connectivity index (χ0) is 13.6. The van der Waals surface area contributed by atoms with Crippen molar-refractivity contribution in [1.82, 2.24) is 9.62 Å². The topological polar surface area (TPSA) is 35.9 Å². The van der Waals surface area contributed by atoms with Crippen LogP contribution in [0.15, 0.2) is 40.8 Å². The molecular formula is C13H17BN4O+. The third-order valence-electron chi connectivity index (χ3n) is 3.68. The molecule has 6 heteroatoms. The molecule has 5 nitrogen and oxygen atoms in total. The Morgan fingerprint density at radius 3 is 2.95 bits per heavy atom. The van der Waals surface area contributed by atoms with Crippen molar-refractivity contribution < 1.29 is 9.28 Å².